The predicted molar refractivity (Wildman–Crippen MR) is 127 cm³/mol. The Morgan fingerprint density at radius 1 is 1.19 bits per heavy atom. The predicted octanol–water partition coefficient (Wildman–Crippen LogP) is 5.34. The number of aryl methyl sites for hydroxylation is 1. The summed E-state index contributed by atoms with van der Waals surface area (Å²) in [5.41, 5.74) is -1.11. The monoisotopic (exact) mass is 508 g/mol. The molecule has 0 aliphatic carbocycles. The molecule has 0 amide bonds. The summed E-state index contributed by atoms with van der Waals surface area (Å²) in [6.07, 6.45) is -4.61. The van der Waals surface area contributed by atoms with Gasteiger partial charge in [0.1, 0.15) is 0 Å². The normalized spacial score (nSPS) is 23.2. The largest absolute Gasteiger partial charge is 0.469 e. The van der Waals surface area contributed by atoms with E-state index < -0.39 is 34.9 Å². The fraction of sp³-hybridized carbons (Fsp3) is 0.500. The average Bonchev–Trinajstić information content (AvgIpc) is 2.86. The first-order chi connectivity index (χ1) is 16.9. The van der Waals surface area contributed by atoms with Gasteiger partial charge in [0, 0.05) is 17.8 Å². The van der Waals surface area contributed by atoms with Crippen LogP contribution in [0.4, 0.5) is 13.2 Å². The van der Waals surface area contributed by atoms with E-state index in [1.807, 2.05) is 30.3 Å². The number of ether oxygens (including phenoxy) is 2. The fourth-order valence-electron chi connectivity index (χ4n) is 4.64. The minimum Gasteiger partial charge on any atom is -0.469 e. The molecule has 1 fully saturated rings. The van der Waals surface area contributed by atoms with Crippen molar-refractivity contribution < 1.29 is 32.4 Å². The lowest BCUT2D eigenvalue weighted by Crippen LogP contribution is -2.61. The lowest BCUT2D eigenvalue weighted by atomic mass is 9.75. The second-order valence-electron chi connectivity index (χ2n) is 9.44. The van der Waals surface area contributed by atoms with Gasteiger partial charge in [0.2, 0.25) is 5.54 Å². The molecule has 10 heteroatoms. The maximum Gasteiger partial charge on any atom is 0.416 e. The number of benzene rings is 2. The topological polar surface area (TPSA) is 90.7 Å². The van der Waals surface area contributed by atoms with Gasteiger partial charge in [-0.25, -0.2) is 0 Å². The van der Waals surface area contributed by atoms with E-state index in [0.717, 1.165) is 17.7 Å². The number of hydrogen-bond donors (Lipinski definition) is 1. The quantitative estimate of drug-likeness (QED) is 0.279. The average molecular weight is 509 g/mol. The lowest BCUT2D eigenvalue weighted by Gasteiger charge is -2.44. The summed E-state index contributed by atoms with van der Waals surface area (Å²) in [4.78, 5) is 23.3. The molecule has 0 bridgehead atoms. The van der Waals surface area contributed by atoms with Gasteiger partial charge in [0.25, 0.3) is 0 Å². The summed E-state index contributed by atoms with van der Waals surface area (Å²) in [5.74, 6) is -0.510. The highest BCUT2D eigenvalue weighted by Gasteiger charge is 2.51. The molecule has 196 valence electrons. The highest BCUT2D eigenvalue weighted by Crippen LogP contribution is 2.39. The fourth-order valence-corrected chi connectivity index (χ4v) is 4.64. The van der Waals surface area contributed by atoms with Gasteiger partial charge in [-0.05, 0) is 43.5 Å². The highest BCUT2D eigenvalue weighted by atomic mass is 19.4. The molecule has 1 heterocycles. The molecule has 36 heavy (non-hydrogen) atoms. The van der Waals surface area contributed by atoms with Gasteiger partial charge in [0.15, 0.2) is 0 Å². The van der Waals surface area contributed by atoms with Crippen LogP contribution >= 0.6 is 0 Å². The first kappa shape index (κ1) is 27.6. The summed E-state index contributed by atoms with van der Waals surface area (Å²) in [5, 5.41) is 15.3. The van der Waals surface area contributed by atoms with Gasteiger partial charge in [-0.2, -0.15) is 13.2 Å². The standard InChI is InChI=1S/C26H31F3N2O5/c1-18-13-20(15-22(14-18)26(27,28)29)19(2)36-17-25(21-7-5-4-6-8-21)12-11-24(16-30-25,31(33)34)10-9-23(32)35-3/h4-8,13-15,19,30H,9-12,16-17H2,1-3H3/t19-,24-,25-/m1/s1. The van der Waals surface area contributed by atoms with Crippen LogP contribution in [0.3, 0.4) is 0 Å². The minimum atomic E-state index is -4.47. The number of alkyl halides is 3. The molecule has 0 unspecified atom stereocenters. The summed E-state index contributed by atoms with van der Waals surface area (Å²) >= 11 is 0. The Morgan fingerprint density at radius 2 is 1.89 bits per heavy atom. The molecule has 0 aromatic heterocycles. The molecule has 2 aromatic carbocycles. The Labute approximate surface area is 208 Å². The first-order valence-electron chi connectivity index (χ1n) is 11.7. The van der Waals surface area contributed by atoms with Crippen molar-refractivity contribution in [3.05, 3.63) is 80.9 Å². The van der Waals surface area contributed by atoms with Crippen molar-refractivity contribution in [2.45, 2.75) is 62.9 Å². The zero-order valence-corrected chi connectivity index (χ0v) is 20.6. The van der Waals surface area contributed by atoms with E-state index in [1.54, 1.807) is 19.9 Å². The number of rotatable bonds is 9. The van der Waals surface area contributed by atoms with Crippen LogP contribution in [0.15, 0.2) is 48.5 Å². The van der Waals surface area contributed by atoms with Crippen molar-refractivity contribution in [1.29, 1.82) is 0 Å². The molecule has 7 nitrogen and oxygen atoms in total. The van der Waals surface area contributed by atoms with Crippen molar-refractivity contribution in [2.75, 3.05) is 20.3 Å². The number of carbonyl (C=O) groups excluding carboxylic acids is 1. The van der Waals surface area contributed by atoms with Gasteiger partial charge in [0.05, 0.1) is 43.9 Å². The Bertz CT molecular complexity index is 1070. The minimum absolute atomic E-state index is 0.00625. The van der Waals surface area contributed by atoms with Gasteiger partial charge >= 0.3 is 12.1 Å². The Morgan fingerprint density at radius 3 is 2.44 bits per heavy atom. The Hall–Kier alpha value is -2.98. The number of nitrogens with one attached hydrogen (secondary N) is 1. The van der Waals surface area contributed by atoms with Crippen LogP contribution in [0.25, 0.3) is 0 Å². The number of nitro groups is 1. The molecule has 3 atom stereocenters. The molecule has 1 aliphatic rings. The molecular formula is C26H31F3N2O5. The van der Waals surface area contributed by atoms with Crippen LogP contribution in [-0.2, 0) is 26.0 Å². The van der Waals surface area contributed by atoms with Crippen LogP contribution < -0.4 is 5.32 Å². The first-order valence-corrected chi connectivity index (χ1v) is 11.7. The molecule has 1 saturated heterocycles. The SMILES string of the molecule is COC(=O)CC[C@@]1([N+](=O)[O-])CC[C@@](CO[C@H](C)c2cc(C)cc(C(F)(F)F)c2)(c2ccccc2)NC1. The summed E-state index contributed by atoms with van der Waals surface area (Å²) in [6.45, 7) is 3.39. The summed E-state index contributed by atoms with van der Waals surface area (Å²) < 4.78 is 50.7. The lowest BCUT2D eigenvalue weighted by molar-refractivity contribution is -0.573. The molecule has 2 aromatic rings. The van der Waals surface area contributed by atoms with E-state index >= 15 is 0 Å². The van der Waals surface area contributed by atoms with Crippen molar-refractivity contribution >= 4 is 5.97 Å². The van der Waals surface area contributed by atoms with Gasteiger partial charge < -0.3 is 9.47 Å². The molecule has 0 spiro atoms. The van der Waals surface area contributed by atoms with Crippen molar-refractivity contribution in [2.24, 2.45) is 0 Å². The summed E-state index contributed by atoms with van der Waals surface area (Å²) in [7, 11) is 1.24. The zero-order valence-electron chi connectivity index (χ0n) is 20.6. The third-order valence-corrected chi connectivity index (χ3v) is 6.98. The number of nitrogens with zero attached hydrogens (tertiary/aromatic N) is 1. The maximum absolute atomic E-state index is 13.3. The molecular weight excluding hydrogens is 477 g/mol. The molecule has 3 rings (SSSR count). The smallest absolute Gasteiger partial charge is 0.416 e. The summed E-state index contributed by atoms with van der Waals surface area (Å²) in [6, 6.07) is 13.2. The van der Waals surface area contributed by atoms with Crippen LogP contribution in [0.5, 0.6) is 0 Å². The second-order valence-corrected chi connectivity index (χ2v) is 9.44. The molecule has 1 N–H and O–H groups in total. The van der Waals surface area contributed by atoms with E-state index in [2.05, 4.69) is 10.1 Å². The molecule has 0 saturated carbocycles. The van der Waals surface area contributed by atoms with Crippen molar-refractivity contribution in [3.63, 3.8) is 0 Å². The van der Waals surface area contributed by atoms with E-state index in [9.17, 15) is 28.1 Å². The van der Waals surface area contributed by atoms with Gasteiger partial charge in [-0.15, -0.1) is 0 Å². The van der Waals surface area contributed by atoms with Gasteiger partial charge in [-0.3, -0.25) is 20.2 Å². The van der Waals surface area contributed by atoms with E-state index in [4.69, 9.17) is 4.74 Å². The van der Waals surface area contributed by atoms with E-state index in [1.165, 1.54) is 7.11 Å². The second kappa shape index (κ2) is 11.0. The zero-order chi connectivity index (χ0) is 26.6. The Balaban J connectivity index is 1.82. The van der Waals surface area contributed by atoms with Crippen LogP contribution in [-0.4, -0.2) is 36.7 Å². The third-order valence-electron chi connectivity index (χ3n) is 6.98. The van der Waals surface area contributed by atoms with Crippen molar-refractivity contribution in [1.82, 2.24) is 5.32 Å². The van der Waals surface area contributed by atoms with Crippen molar-refractivity contribution in [3.8, 4) is 0 Å². The van der Waals surface area contributed by atoms with Crippen LogP contribution in [0.1, 0.15) is 61.0 Å². The number of esters is 1. The van der Waals surface area contributed by atoms with E-state index in [-0.39, 0.29) is 37.3 Å². The molecule has 0 radical (unpaired) electrons. The van der Waals surface area contributed by atoms with Crippen LogP contribution in [0.2, 0.25) is 0 Å². The number of piperidine rings is 1. The number of halogens is 3. The van der Waals surface area contributed by atoms with Crippen LogP contribution in [0, 0.1) is 17.0 Å². The highest BCUT2D eigenvalue weighted by molar-refractivity contribution is 5.69. The molecule has 1 aliphatic heterocycles. The maximum atomic E-state index is 13.3. The third kappa shape index (κ3) is 6.22. The number of carbonyl (C=O) groups is 1. The number of methoxy groups -OCH3 is 1. The van der Waals surface area contributed by atoms with E-state index in [0.29, 0.717) is 17.5 Å². The van der Waals surface area contributed by atoms with Gasteiger partial charge in [-0.1, -0.05) is 42.0 Å². The Kier molecular flexibility index (Phi) is 8.40. The number of hydrogen-bond acceptors (Lipinski definition) is 6.